The van der Waals surface area contributed by atoms with Crippen molar-refractivity contribution < 1.29 is 17.5 Å². The molecule has 0 aliphatic carbocycles. The van der Waals surface area contributed by atoms with Gasteiger partial charge in [0.1, 0.15) is 23.2 Å². The van der Waals surface area contributed by atoms with Gasteiger partial charge in [-0.3, -0.25) is 5.10 Å². The lowest BCUT2D eigenvalue weighted by Crippen LogP contribution is -2.00. The van der Waals surface area contributed by atoms with Crippen LogP contribution in [0.3, 0.4) is 0 Å². The van der Waals surface area contributed by atoms with Gasteiger partial charge in [-0.2, -0.15) is 5.10 Å². The quantitative estimate of drug-likeness (QED) is 0.814. The normalized spacial score (nSPS) is 11.3. The number of terminal acetylenes is 1. The Morgan fingerprint density at radius 2 is 2.13 bits per heavy atom. The monoisotopic (exact) mass is 376 g/mol. The molecule has 1 heterocycles. The largest absolute Gasteiger partial charge is 0.479 e. The van der Waals surface area contributed by atoms with Gasteiger partial charge in [-0.25, -0.2) is 12.8 Å². The zero-order valence-corrected chi connectivity index (χ0v) is 14.2. The van der Waals surface area contributed by atoms with Crippen LogP contribution in [0, 0.1) is 18.2 Å². The van der Waals surface area contributed by atoms with Crippen LogP contribution in [0.2, 0.25) is 10.0 Å². The summed E-state index contributed by atoms with van der Waals surface area (Å²) in [6.45, 7) is -0.0216. The van der Waals surface area contributed by atoms with Gasteiger partial charge in [0.25, 0.3) is 0 Å². The fourth-order valence-corrected chi connectivity index (χ4v) is 3.26. The molecular formula is C14H11Cl2FN2O3S. The van der Waals surface area contributed by atoms with Crippen molar-refractivity contribution >= 4 is 33.0 Å². The zero-order chi connectivity index (χ0) is 17.2. The number of ether oxygens (including phenoxy) is 1. The number of nitrogens with zero attached hydrogens (tertiary/aromatic N) is 1. The maximum Gasteiger partial charge on any atom is 0.193 e. The first kappa shape index (κ1) is 17.6. The van der Waals surface area contributed by atoms with Gasteiger partial charge in [0.2, 0.25) is 0 Å². The molecule has 0 aliphatic rings. The molecule has 2 rings (SSSR count). The summed E-state index contributed by atoms with van der Waals surface area (Å²) in [5.41, 5.74) is 0.381. The molecule has 0 bridgehead atoms. The molecule has 0 aliphatic heterocycles. The van der Waals surface area contributed by atoms with Gasteiger partial charge < -0.3 is 4.74 Å². The van der Waals surface area contributed by atoms with Gasteiger partial charge in [0, 0.05) is 12.7 Å². The van der Waals surface area contributed by atoms with Gasteiger partial charge in [-0.15, -0.1) is 6.42 Å². The molecule has 1 N–H and O–H groups in total. The van der Waals surface area contributed by atoms with Crippen molar-refractivity contribution in [2.24, 2.45) is 0 Å². The Balaban J connectivity index is 2.37. The number of rotatable bonds is 5. The number of halogens is 3. The Labute approximate surface area is 142 Å². The van der Waals surface area contributed by atoms with Crippen molar-refractivity contribution in [1.29, 1.82) is 0 Å². The summed E-state index contributed by atoms with van der Waals surface area (Å²) in [4.78, 5) is 0. The molecule has 0 saturated heterocycles. The summed E-state index contributed by atoms with van der Waals surface area (Å²) >= 11 is 11.9. The molecule has 0 spiro atoms. The number of hydrogen-bond acceptors (Lipinski definition) is 4. The number of aromatic amines is 1. The lowest BCUT2D eigenvalue weighted by Gasteiger charge is -2.09. The zero-order valence-electron chi connectivity index (χ0n) is 11.9. The minimum Gasteiger partial charge on any atom is -0.479 e. The molecule has 0 atom stereocenters. The van der Waals surface area contributed by atoms with Crippen LogP contribution in [-0.4, -0.2) is 31.5 Å². The number of benzene rings is 1. The molecule has 23 heavy (non-hydrogen) atoms. The Morgan fingerprint density at radius 3 is 2.70 bits per heavy atom. The fraction of sp³-hybridized carbons (Fsp3) is 0.214. The van der Waals surface area contributed by atoms with Gasteiger partial charge in [-0.05, 0) is 17.7 Å². The van der Waals surface area contributed by atoms with E-state index in [1.54, 1.807) is 0 Å². The van der Waals surface area contributed by atoms with Gasteiger partial charge in [0.05, 0.1) is 10.7 Å². The maximum atomic E-state index is 14.0. The van der Waals surface area contributed by atoms with Crippen LogP contribution >= 0.6 is 23.2 Å². The third-order valence-electron chi connectivity index (χ3n) is 2.89. The fourth-order valence-electron chi connectivity index (χ4n) is 1.83. The molecule has 9 heteroatoms. The highest BCUT2D eigenvalue weighted by atomic mass is 35.5. The van der Waals surface area contributed by atoms with E-state index in [4.69, 9.17) is 34.4 Å². The molecule has 0 amide bonds. The SMILES string of the molecule is C#CCOc1cc(Cc2n[nH]c(S(C)(=O)=O)c2Cl)c(F)cc1Cl. The Hall–Kier alpha value is -1.75. The number of sulfone groups is 1. The predicted molar refractivity (Wildman–Crippen MR) is 85.3 cm³/mol. The number of nitrogens with one attached hydrogen (secondary N) is 1. The molecule has 1 aromatic heterocycles. The van der Waals surface area contributed by atoms with Crippen LogP contribution < -0.4 is 4.74 Å². The summed E-state index contributed by atoms with van der Waals surface area (Å²) in [5, 5.41) is 5.95. The van der Waals surface area contributed by atoms with E-state index in [1.165, 1.54) is 6.07 Å². The molecule has 0 unspecified atom stereocenters. The van der Waals surface area contributed by atoms with Crippen LogP contribution in [0.25, 0.3) is 0 Å². The third kappa shape index (κ3) is 3.96. The Kier molecular flexibility index (Phi) is 5.19. The Morgan fingerprint density at radius 1 is 1.43 bits per heavy atom. The lowest BCUT2D eigenvalue weighted by atomic mass is 10.1. The van der Waals surface area contributed by atoms with Crippen molar-refractivity contribution in [1.82, 2.24) is 10.2 Å². The molecular weight excluding hydrogens is 366 g/mol. The van der Waals surface area contributed by atoms with E-state index in [1.807, 2.05) is 0 Å². The molecule has 2 aromatic rings. The predicted octanol–water partition coefficient (Wildman–Crippen LogP) is 2.86. The minimum atomic E-state index is -3.55. The van der Waals surface area contributed by atoms with Crippen LogP contribution in [0.15, 0.2) is 17.2 Å². The van der Waals surface area contributed by atoms with Crippen LogP contribution in [0.1, 0.15) is 11.3 Å². The second-order valence-corrected chi connectivity index (χ2v) is 7.37. The number of H-pyrrole nitrogens is 1. The van der Waals surface area contributed by atoms with Gasteiger partial charge >= 0.3 is 0 Å². The average molecular weight is 377 g/mol. The highest BCUT2D eigenvalue weighted by molar-refractivity contribution is 7.90. The van der Waals surface area contributed by atoms with Crippen molar-refractivity contribution in [2.75, 3.05) is 12.9 Å². The van der Waals surface area contributed by atoms with E-state index < -0.39 is 15.7 Å². The standard InChI is InChI=1S/C14H11Cl2FN2O3S/c1-3-4-22-12-6-8(10(17)7-9(12)15)5-11-13(16)14(19-18-11)23(2,20)21/h1,6-7H,4-5H2,2H3,(H,18,19). The third-order valence-corrected chi connectivity index (χ3v) is 4.74. The van der Waals surface area contributed by atoms with E-state index in [2.05, 4.69) is 16.1 Å². The van der Waals surface area contributed by atoms with E-state index in [9.17, 15) is 12.8 Å². The minimum absolute atomic E-state index is 0.0216. The summed E-state index contributed by atoms with van der Waals surface area (Å²) < 4.78 is 42.3. The second-order valence-electron chi connectivity index (χ2n) is 4.63. The first-order chi connectivity index (χ1) is 10.7. The van der Waals surface area contributed by atoms with E-state index >= 15 is 0 Å². The van der Waals surface area contributed by atoms with Crippen LogP contribution in [0.5, 0.6) is 5.75 Å². The number of aromatic nitrogens is 2. The first-order valence-electron chi connectivity index (χ1n) is 6.21. The van der Waals surface area contributed by atoms with E-state index in [0.29, 0.717) is 0 Å². The Bertz CT molecular complexity index is 888. The maximum absolute atomic E-state index is 14.0. The van der Waals surface area contributed by atoms with Crippen LogP contribution in [-0.2, 0) is 16.3 Å². The van der Waals surface area contributed by atoms with Gasteiger partial charge in [0.15, 0.2) is 14.9 Å². The smallest absolute Gasteiger partial charge is 0.193 e. The molecule has 1 aromatic carbocycles. The molecule has 5 nitrogen and oxygen atoms in total. The van der Waals surface area contributed by atoms with Crippen molar-refractivity contribution in [3.05, 3.63) is 39.3 Å². The highest BCUT2D eigenvalue weighted by Gasteiger charge is 2.21. The molecule has 0 radical (unpaired) electrons. The molecule has 0 saturated carbocycles. The summed E-state index contributed by atoms with van der Waals surface area (Å²) in [7, 11) is -3.55. The van der Waals surface area contributed by atoms with Crippen molar-refractivity contribution in [3.63, 3.8) is 0 Å². The van der Waals surface area contributed by atoms with E-state index in [-0.39, 0.29) is 45.1 Å². The molecule has 122 valence electrons. The average Bonchev–Trinajstić information content (AvgIpc) is 2.81. The summed E-state index contributed by atoms with van der Waals surface area (Å²) in [5.74, 6) is 1.90. The van der Waals surface area contributed by atoms with E-state index in [0.717, 1.165) is 12.3 Å². The topological polar surface area (TPSA) is 72.0 Å². The van der Waals surface area contributed by atoms with Crippen molar-refractivity contribution in [3.8, 4) is 18.1 Å². The highest BCUT2D eigenvalue weighted by Crippen LogP contribution is 2.31. The van der Waals surface area contributed by atoms with Crippen molar-refractivity contribution in [2.45, 2.75) is 11.4 Å². The first-order valence-corrected chi connectivity index (χ1v) is 8.85. The lowest BCUT2D eigenvalue weighted by molar-refractivity contribution is 0.369. The summed E-state index contributed by atoms with van der Waals surface area (Å²) in [6, 6.07) is 2.46. The second kappa shape index (κ2) is 6.79. The number of hydrogen-bond donors (Lipinski definition) is 1. The summed E-state index contributed by atoms with van der Waals surface area (Å²) in [6.07, 6.45) is 6.05. The molecule has 0 fully saturated rings. The van der Waals surface area contributed by atoms with Crippen LogP contribution in [0.4, 0.5) is 4.39 Å². The van der Waals surface area contributed by atoms with Gasteiger partial charge in [-0.1, -0.05) is 29.1 Å².